The summed E-state index contributed by atoms with van der Waals surface area (Å²) in [5.74, 6) is 0. The third-order valence-corrected chi connectivity index (χ3v) is 11.4. The molecule has 0 fully saturated rings. The Morgan fingerprint density at radius 2 is 0.610 bits per heavy atom. The van der Waals surface area contributed by atoms with E-state index in [0.717, 1.165) is 0 Å². The number of hydrogen-bond donors (Lipinski definition) is 0. The van der Waals surface area contributed by atoms with Gasteiger partial charge in [-0.15, -0.1) is 0 Å². The SMILES string of the molecule is CS(C)(c1ccc(-n2c3ccccc3c3ccccc32)cc1)c1ccc(-n2c3ccccc3c3ccccc32)cc1. The molecule has 0 aliphatic carbocycles. The molecule has 0 aliphatic heterocycles. The summed E-state index contributed by atoms with van der Waals surface area (Å²) < 4.78 is 4.77. The Labute approximate surface area is 241 Å². The van der Waals surface area contributed by atoms with Gasteiger partial charge in [0.2, 0.25) is 0 Å². The Hall–Kier alpha value is -4.73. The summed E-state index contributed by atoms with van der Waals surface area (Å²) >= 11 is 0. The zero-order chi connectivity index (χ0) is 27.6. The van der Waals surface area contributed by atoms with Crippen LogP contribution in [0.5, 0.6) is 0 Å². The lowest BCUT2D eigenvalue weighted by Gasteiger charge is -2.32. The minimum atomic E-state index is -1.20. The van der Waals surface area contributed by atoms with Crippen LogP contribution in [0, 0.1) is 0 Å². The molecule has 3 heteroatoms. The highest BCUT2D eigenvalue weighted by molar-refractivity contribution is 8.32. The molecule has 2 heterocycles. The van der Waals surface area contributed by atoms with Crippen LogP contribution >= 0.6 is 10.0 Å². The molecule has 8 aromatic rings. The third kappa shape index (κ3) is 3.66. The van der Waals surface area contributed by atoms with Gasteiger partial charge in [0.05, 0.1) is 22.1 Å². The highest BCUT2D eigenvalue weighted by Crippen LogP contribution is 2.56. The second kappa shape index (κ2) is 9.15. The van der Waals surface area contributed by atoms with Crippen molar-refractivity contribution < 1.29 is 0 Å². The fraction of sp³-hybridized carbons (Fsp3) is 0.0526. The van der Waals surface area contributed by atoms with E-state index >= 15 is 0 Å². The van der Waals surface area contributed by atoms with Gasteiger partial charge in [0.15, 0.2) is 0 Å². The molecule has 0 aliphatic rings. The summed E-state index contributed by atoms with van der Waals surface area (Å²) in [6.45, 7) is 0. The van der Waals surface area contributed by atoms with Crippen molar-refractivity contribution in [1.29, 1.82) is 0 Å². The van der Waals surface area contributed by atoms with E-state index in [1.165, 1.54) is 64.8 Å². The maximum absolute atomic E-state index is 2.40. The average Bonchev–Trinajstić information content (AvgIpc) is 3.54. The first-order valence-electron chi connectivity index (χ1n) is 14.0. The van der Waals surface area contributed by atoms with Crippen LogP contribution in [0.15, 0.2) is 155 Å². The summed E-state index contributed by atoms with van der Waals surface area (Å²) in [7, 11) is -1.20. The second-order valence-corrected chi connectivity index (χ2v) is 14.7. The Morgan fingerprint density at radius 1 is 0.341 bits per heavy atom. The van der Waals surface area contributed by atoms with Crippen LogP contribution in [-0.2, 0) is 0 Å². The molecule has 6 aromatic carbocycles. The van der Waals surface area contributed by atoms with E-state index in [9.17, 15) is 0 Å². The number of aromatic nitrogens is 2. The van der Waals surface area contributed by atoms with Gasteiger partial charge in [0.25, 0.3) is 0 Å². The van der Waals surface area contributed by atoms with Crippen molar-refractivity contribution in [2.24, 2.45) is 0 Å². The third-order valence-electron chi connectivity index (χ3n) is 8.53. The van der Waals surface area contributed by atoms with Gasteiger partial charge in [-0.25, -0.2) is 0 Å². The van der Waals surface area contributed by atoms with Crippen LogP contribution in [0.25, 0.3) is 55.0 Å². The van der Waals surface area contributed by atoms with Gasteiger partial charge in [-0.2, -0.15) is 10.0 Å². The minimum Gasteiger partial charge on any atom is -0.309 e. The van der Waals surface area contributed by atoms with Gasteiger partial charge in [-0.3, -0.25) is 0 Å². The number of rotatable bonds is 4. The van der Waals surface area contributed by atoms with Crippen LogP contribution < -0.4 is 0 Å². The molecule has 0 bridgehead atoms. The summed E-state index contributed by atoms with van der Waals surface area (Å²) in [6.07, 6.45) is 4.80. The predicted molar refractivity (Wildman–Crippen MR) is 178 cm³/mol. The molecule has 0 radical (unpaired) electrons. The standard InChI is InChI=1S/C38H30N2S/c1-41(2,29-23-19-27(20-24-29)39-35-15-7-3-11-31(35)32-12-4-8-16-36(32)39)30-25-21-28(22-26-30)40-37-17-9-5-13-33(37)34-14-6-10-18-38(34)40/h3-26H,1-2H3. The van der Waals surface area contributed by atoms with Gasteiger partial charge >= 0.3 is 0 Å². The smallest absolute Gasteiger partial charge is 0.0541 e. The lowest BCUT2D eigenvalue weighted by Crippen LogP contribution is -2.00. The molecular formula is C38H30N2S. The molecule has 0 saturated heterocycles. The zero-order valence-electron chi connectivity index (χ0n) is 23.2. The average molecular weight is 547 g/mol. The van der Waals surface area contributed by atoms with Crippen molar-refractivity contribution in [1.82, 2.24) is 9.13 Å². The van der Waals surface area contributed by atoms with Crippen molar-refractivity contribution in [2.45, 2.75) is 9.79 Å². The van der Waals surface area contributed by atoms with E-state index in [1.54, 1.807) is 0 Å². The number of hydrogen-bond acceptors (Lipinski definition) is 0. The van der Waals surface area contributed by atoms with Crippen molar-refractivity contribution in [3.8, 4) is 11.4 Å². The first-order valence-corrected chi connectivity index (χ1v) is 16.5. The summed E-state index contributed by atoms with van der Waals surface area (Å²) in [6, 6.07) is 53.2. The van der Waals surface area contributed by atoms with E-state index in [2.05, 4.69) is 167 Å². The van der Waals surface area contributed by atoms with Crippen LogP contribution in [-0.4, -0.2) is 21.6 Å². The Bertz CT molecular complexity index is 1950. The van der Waals surface area contributed by atoms with Gasteiger partial charge in [0.1, 0.15) is 0 Å². The van der Waals surface area contributed by atoms with E-state index < -0.39 is 10.0 Å². The van der Waals surface area contributed by atoms with E-state index in [4.69, 9.17) is 0 Å². The molecule has 0 amide bonds. The predicted octanol–water partition coefficient (Wildman–Crippen LogP) is 10.4. The van der Waals surface area contributed by atoms with Crippen molar-refractivity contribution in [3.63, 3.8) is 0 Å². The van der Waals surface area contributed by atoms with Crippen molar-refractivity contribution in [3.05, 3.63) is 146 Å². The van der Waals surface area contributed by atoms with Gasteiger partial charge in [0, 0.05) is 32.9 Å². The molecule has 0 spiro atoms. The van der Waals surface area contributed by atoms with Crippen LogP contribution in [0.3, 0.4) is 0 Å². The highest BCUT2D eigenvalue weighted by Gasteiger charge is 2.19. The largest absolute Gasteiger partial charge is 0.309 e. The first kappa shape index (κ1) is 24.1. The summed E-state index contributed by atoms with van der Waals surface area (Å²) in [4.78, 5) is 2.76. The lowest BCUT2D eigenvalue weighted by atomic mass is 10.2. The van der Waals surface area contributed by atoms with E-state index in [0.29, 0.717) is 0 Å². The molecule has 2 nitrogen and oxygen atoms in total. The first-order chi connectivity index (χ1) is 20.1. The second-order valence-electron chi connectivity index (χ2n) is 11.1. The lowest BCUT2D eigenvalue weighted by molar-refractivity contribution is 1.16. The monoisotopic (exact) mass is 546 g/mol. The van der Waals surface area contributed by atoms with Crippen molar-refractivity contribution >= 4 is 53.6 Å². The number of para-hydroxylation sites is 4. The van der Waals surface area contributed by atoms with Crippen LogP contribution in [0.2, 0.25) is 0 Å². The molecule has 198 valence electrons. The normalized spacial score (nSPS) is 12.5. The molecule has 0 saturated carbocycles. The zero-order valence-corrected chi connectivity index (χ0v) is 24.0. The van der Waals surface area contributed by atoms with Crippen molar-refractivity contribution in [2.75, 3.05) is 12.5 Å². The van der Waals surface area contributed by atoms with E-state index in [-0.39, 0.29) is 0 Å². The minimum absolute atomic E-state index is 1.20. The maximum atomic E-state index is 2.40. The maximum Gasteiger partial charge on any atom is 0.0541 e. The van der Waals surface area contributed by atoms with Gasteiger partial charge in [-0.05, 0) is 95.1 Å². The molecule has 8 rings (SSSR count). The molecule has 2 aromatic heterocycles. The molecular weight excluding hydrogens is 516 g/mol. The molecule has 41 heavy (non-hydrogen) atoms. The Morgan fingerprint density at radius 3 is 0.902 bits per heavy atom. The topological polar surface area (TPSA) is 9.86 Å². The number of fused-ring (bicyclic) bond motifs is 6. The molecule has 0 unspecified atom stereocenters. The number of nitrogens with zero attached hydrogens (tertiary/aromatic N) is 2. The van der Waals surface area contributed by atoms with Gasteiger partial charge in [-0.1, -0.05) is 72.8 Å². The van der Waals surface area contributed by atoms with E-state index in [1.807, 2.05) is 0 Å². The molecule has 0 atom stereocenters. The Balaban J connectivity index is 1.17. The number of benzene rings is 6. The Kier molecular flexibility index (Phi) is 5.38. The summed E-state index contributed by atoms with van der Waals surface area (Å²) in [5, 5.41) is 5.17. The summed E-state index contributed by atoms with van der Waals surface area (Å²) in [5.41, 5.74) is 7.37. The molecule has 0 N–H and O–H groups in total. The fourth-order valence-electron chi connectivity index (χ4n) is 6.41. The van der Waals surface area contributed by atoms with Crippen LogP contribution in [0.1, 0.15) is 0 Å². The highest BCUT2D eigenvalue weighted by atomic mass is 32.3. The van der Waals surface area contributed by atoms with Crippen LogP contribution in [0.4, 0.5) is 0 Å². The van der Waals surface area contributed by atoms with Gasteiger partial charge < -0.3 is 9.13 Å². The fourth-order valence-corrected chi connectivity index (χ4v) is 8.31. The quantitative estimate of drug-likeness (QED) is 0.208.